The Hall–Kier alpha value is -2.40. The van der Waals surface area contributed by atoms with Gasteiger partial charge in [0.25, 0.3) is 0 Å². The molecule has 2 fully saturated rings. The molecule has 1 aliphatic heterocycles. The van der Waals surface area contributed by atoms with Crippen molar-refractivity contribution in [2.75, 3.05) is 25.4 Å². The summed E-state index contributed by atoms with van der Waals surface area (Å²) in [7, 11) is 1.89. The third-order valence-electron chi connectivity index (χ3n) is 6.70. The summed E-state index contributed by atoms with van der Waals surface area (Å²) in [4.78, 5) is 6.41. The van der Waals surface area contributed by atoms with Gasteiger partial charge in [-0.05, 0) is 49.9 Å². The van der Waals surface area contributed by atoms with Crippen molar-refractivity contribution in [3.05, 3.63) is 47.2 Å². The molecule has 1 saturated carbocycles. The van der Waals surface area contributed by atoms with E-state index < -0.39 is 17.6 Å². The van der Waals surface area contributed by atoms with Crippen LogP contribution in [0.2, 0.25) is 0 Å². The minimum atomic E-state index is -4.67. The summed E-state index contributed by atoms with van der Waals surface area (Å²) in [6, 6.07) is 3.42. The number of aromatic nitrogens is 4. The van der Waals surface area contributed by atoms with Crippen molar-refractivity contribution in [3.8, 4) is 11.6 Å². The van der Waals surface area contributed by atoms with E-state index in [0.717, 1.165) is 61.2 Å². The molecule has 1 unspecified atom stereocenters. The molecule has 3 aromatic rings. The van der Waals surface area contributed by atoms with Gasteiger partial charge in [-0.2, -0.15) is 13.2 Å². The second kappa shape index (κ2) is 8.12. The number of thioether (sulfide) groups is 1. The molecule has 0 radical (unpaired) electrons. The van der Waals surface area contributed by atoms with Gasteiger partial charge < -0.3 is 13.9 Å². The van der Waals surface area contributed by atoms with Crippen molar-refractivity contribution >= 4 is 11.8 Å². The van der Waals surface area contributed by atoms with Crippen LogP contribution in [0.3, 0.4) is 0 Å². The zero-order chi connectivity index (χ0) is 23.4. The van der Waals surface area contributed by atoms with E-state index in [4.69, 9.17) is 4.42 Å². The highest BCUT2D eigenvalue weighted by Crippen LogP contribution is 2.59. The Morgan fingerprint density at radius 2 is 2.09 bits per heavy atom. The van der Waals surface area contributed by atoms with E-state index in [-0.39, 0.29) is 5.41 Å². The standard InChI is InChI=1S/C22H23F4N5OS/c1-13-18(32-12-27-13)19-28-29-20(30(19)2)33-7-3-6-31-10-15-9-21(15,11-31)14-4-5-16(17(23)8-14)22(24,25)26/h4-5,8,12,15H,3,6-7,9-11H2,1-2H3/t15-,21?/m1/s1. The van der Waals surface area contributed by atoms with Crippen LogP contribution in [0.1, 0.15) is 29.7 Å². The summed E-state index contributed by atoms with van der Waals surface area (Å²) in [5.41, 5.74) is 0.0452. The van der Waals surface area contributed by atoms with E-state index in [9.17, 15) is 17.6 Å². The first kappa shape index (κ1) is 22.4. The highest BCUT2D eigenvalue weighted by atomic mass is 32.2. The molecule has 3 heterocycles. The molecule has 1 aliphatic carbocycles. The lowest BCUT2D eigenvalue weighted by Gasteiger charge is -2.21. The summed E-state index contributed by atoms with van der Waals surface area (Å²) in [5, 5.41) is 9.25. The van der Waals surface area contributed by atoms with E-state index in [0.29, 0.717) is 23.1 Å². The number of rotatable bonds is 7. The summed E-state index contributed by atoms with van der Waals surface area (Å²) in [6.07, 6.45) is -1.44. The summed E-state index contributed by atoms with van der Waals surface area (Å²) >= 11 is 1.61. The number of nitrogens with zero attached hydrogens (tertiary/aromatic N) is 5. The van der Waals surface area contributed by atoms with Crippen LogP contribution in [0.15, 0.2) is 34.2 Å². The molecule has 33 heavy (non-hydrogen) atoms. The number of likely N-dealkylation sites (tertiary alicyclic amines) is 1. The zero-order valence-corrected chi connectivity index (χ0v) is 19.0. The lowest BCUT2D eigenvalue weighted by Crippen LogP contribution is -2.28. The van der Waals surface area contributed by atoms with E-state index in [1.54, 1.807) is 11.8 Å². The van der Waals surface area contributed by atoms with Crippen LogP contribution >= 0.6 is 11.8 Å². The highest BCUT2D eigenvalue weighted by molar-refractivity contribution is 7.99. The number of hydrogen-bond donors (Lipinski definition) is 0. The molecule has 2 atom stereocenters. The fourth-order valence-electron chi connectivity index (χ4n) is 4.87. The largest absolute Gasteiger partial charge is 0.440 e. The molecule has 0 N–H and O–H groups in total. The summed E-state index contributed by atoms with van der Waals surface area (Å²) in [5.74, 6) is 1.30. The number of hydrogen-bond acceptors (Lipinski definition) is 6. The van der Waals surface area contributed by atoms with Crippen molar-refractivity contribution in [2.45, 2.75) is 36.5 Å². The maximum absolute atomic E-state index is 14.1. The summed E-state index contributed by atoms with van der Waals surface area (Å²) < 4.78 is 60.0. The molecule has 1 saturated heterocycles. The van der Waals surface area contributed by atoms with E-state index in [1.807, 2.05) is 18.5 Å². The molecule has 1 aromatic carbocycles. The molecule has 11 heteroatoms. The van der Waals surface area contributed by atoms with Gasteiger partial charge in [0.2, 0.25) is 5.82 Å². The molecule has 5 rings (SSSR count). The first-order valence-corrected chi connectivity index (χ1v) is 11.7. The minimum absolute atomic E-state index is 0.203. The van der Waals surface area contributed by atoms with E-state index in [2.05, 4.69) is 20.1 Å². The molecule has 2 aliphatic rings. The number of fused-ring (bicyclic) bond motifs is 1. The second-order valence-electron chi connectivity index (χ2n) is 8.82. The lowest BCUT2D eigenvalue weighted by molar-refractivity contribution is -0.140. The van der Waals surface area contributed by atoms with Gasteiger partial charge in [0, 0.05) is 31.3 Å². The average molecular weight is 482 g/mol. The monoisotopic (exact) mass is 481 g/mol. The van der Waals surface area contributed by atoms with E-state index in [1.165, 1.54) is 12.5 Å². The number of halogens is 4. The van der Waals surface area contributed by atoms with Crippen molar-refractivity contribution in [1.82, 2.24) is 24.6 Å². The highest BCUT2D eigenvalue weighted by Gasteiger charge is 2.60. The second-order valence-corrected chi connectivity index (χ2v) is 9.88. The van der Waals surface area contributed by atoms with Crippen LogP contribution in [0.25, 0.3) is 11.6 Å². The topological polar surface area (TPSA) is 60.0 Å². The van der Waals surface area contributed by atoms with Crippen molar-refractivity contribution < 1.29 is 22.0 Å². The molecule has 6 nitrogen and oxygen atoms in total. The molecule has 0 spiro atoms. The van der Waals surface area contributed by atoms with Gasteiger partial charge in [0.15, 0.2) is 17.3 Å². The smallest absolute Gasteiger partial charge is 0.419 e. The predicted molar refractivity (Wildman–Crippen MR) is 114 cm³/mol. The van der Waals surface area contributed by atoms with Gasteiger partial charge in [0.1, 0.15) is 5.82 Å². The first-order valence-electron chi connectivity index (χ1n) is 10.7. The zero-order valence-electron chi connectivity index (χ0n) is 18.2. The van der Waals surface area contributed by atoms with Crippen LogP contribution in [0.5, 0.6) is 0 Å². The SMILES string of the molecule is Cc1ncoc1-c1nnc(SCCCN2C[C@H]3CC3(c3ccc(C(F)(F)F)c(F)c3)C2)n1C. The fourth-order valence-corrected chi connectivity index (χ4v) is 5.70. The van der Waals surface area contributed by atoms with Gasteiger partial charge in [0.05, 0.1) is 11.3 Å². The molecule has 0 amide bonds. The van der Waals surface area contributed by atoms with Crippen molar-refractivity contribution in [3.63, 3.8) is 0 Å². The van der Waals surface area contributed by atoms with Gasteiger partial charge in [-0.3, -0.25) is 0 Å². The molecule has 0 bridgehead atoms. The summed E-state index contributed by atoms with van der Waals surface area (Å²) in [6.45, 7) is 4.38. The molecular weight excluding hydrogens is 458 g/mol. The van der Waals surface area contributed by atoms with Crippen molar-refractivity contribution in [2.24, 2.45) is 13.0 Å². The Balaban J connectivity index is 1.14. The van der Waals surface area contributed by atoms with Gasteiger partial charge in [-0.25, -0.2) is 9.37 Å². The van der Waals surface area contributed by atoms with Crippen LogP contribution in [-0.2, 0) is 18.6 Å². The number of piperidine rings is 1. The maximum atomic E-state index is 14.1. The predicted octanol–water partition coefficient (Wildman–Crippen LogP) is 4.69. The van der Waals surface area contributed by atoms with Crippen LogP contribution in [0.4, 0.5) is 17.6 Å². The first-order chi connectivity index (χ1) is 15.7. The minimum Gasteiger partial charge on any atom is -0.440 e. The van der Waals surface area contributed by atoms with Crippen LogP contribution in [-0.4, -0.2) is 50.0 Å². The van der Waals surface area contributed by atoms with E-state index >= 15 is 0 Å². The average Bonchev–Trinajstić information content (AvgIpc) is 3.05. The Kier molecular flexibility index (Phi) is 5.51. The van der Waals surface area contributed by atoms with Gasteiger partial charge in [-0.15, -0.1) is 10.2 Å². The number of aryl methyl sites for hydroxylation is 1. The molecular formula is C22H23F4N5OS. The van der Waals surface area contributed by atoms with Gasteiger partial charge >= 0.3 is 6.18 Å². The normalized spacial score (nSPS) is 22.7. The maximum Gasteiger partial charge on any atom is 0.419 e. The van der Waals surface area contributed by atoms with Crippen LogP contribution in [0, 0.1) is 18.7 Å². The third-order valence-corrected chi connectivity index (χ3v) is 7.81. The Labute approximate surface area is 192 Å². The quantitative estimate of drug-likeness (QED) is 0.277. The molecule has 176 valence electrons. The third kappa shape index (κ3) is 4.05. The lowest BCUT2D eigenvalue weighted by atomic mass is 9.93. The fraction of sp³-hybridized carbons (Fsp3) is 0.500. The van der Waals surface area contributed by atoms with Crippen molar-refractivity contribution in [1.29, 1.82) is 0 Å². The number of alkyl halides is 3. The Morgan fingerprint density at radius 1 is 1.27 bits per heavy atom. The Morgan fingerprint density at radius 3 is 2.79 bits per heavy atom. The Bertz CT molecular complexity index is 1180. The van der Waals surface area contributed by atoms with Crippen LogP contribution < -0.4 is 0 Å². The van der Waals surface area contributed by atoms with Gasteiger partial charge in [-0.1, -0.05) is 17.8 Å². The molecule has 2 aromatic heterocycles. The number of benzene rings is 1. The number of oxazole rings is 1.